The van der Waals surface area contributed by atoms with Crippen LogP contribution in [0.2, 0.25) is 0 Å². The van der Waals surface area contributed by atoms with Crippen molar-refractivity contribution in [1.82, 2.24) is 25.2 Å². The third kappa shape index (κ3) is 5.47. The maximum atomic E-state index is 4.94. The second-order valence-electron chi connectivity index (χ2n) is 9.32. The average molecular weight is 391 g/mol. The Labute approximate surface area is 170 Å². The molecule has 1 N–H and O–H groups in total. The van der Waals surface area contributed by atoms with Crippen molar-refractivity contribution < 1.29 is 4.52 Å². The van der Waals surface area contributed by atoms with Crippen molar-refractivity contribution in [3.8, 4) is 0 Å². The summed E-state index contributed by atoms with van der Waals surface area (Å²) in [6.07, 6.45) is 2.99. The van der Waals surface area contributed by atoms with Gasteiger partial charge in [-0.05, 0) is 32.1 Å². The first-order chi connectivity index (χ1) is 13.4. The lowest BCUT2D eigenvalue weighted by atomic mass is 9.88. The molecule has 2 aliphatic heterocycles. The molecule has 1 aromatic rings. The molecule has 158 valence electrons. The summed E-state index contributed by atoms with van der Waals surface area (Å²) in [5.74, 6) is 2.58. The van der Waals surface area contributed by atoms with Crippen LogP contribution in [0.1, 0.15) is 39.8 Å². The lowest BCUT2D eigenvalue weighted by molar-refractivity contribution is 0.0477. The van der Waals surface area contributed by atoms with Crippen LogP contribution in [0.5, 0.6) is 0 Å². The molecule has 0 aromatic carbocycles. The third-order valence-corrected chi connectivity index (χ3v) is 6.16. The molecule has 2 atom stereocenters. The maximum absolute atomic E-state index is 4.94. The number of piperazine rings is 1. The standard InChI is InChI=1S/C21H38N6O/c1-17-12-18(2)14-27(13-17)21(3,4)16-23-20(22-5)26-9-7-25(8-10-26)15-19-6-11-28-24-19/h6,11,17-18H,7-10,12-16H2,1-5H3,(H,22,23). The molecular weight excluding hydrogens is 352 g/mol. The number of piperidine rings is 1. The second kappa shape index (κ2) is 9.27. The second-order valence-corrected chi connectivity index (χ2v) is 9.32. The molecule has 7 nitrogen and oxygen atoms in total. The average Bonchev–Trinajstić information content (AvgIpc) is 3.16. The van der Waals surface area contributed by atoms with Gasteiger partial charge in [-0.25, -0.2) is 0 Å². The Bertz CT molecular complexity index is 611. The Morgan fingerprint density at radius 3 is 2.46 bits per heavy atom. The zero-order valence-electron chi connectivity index (χ0n) is 18.3. The molecule has 7 heteroatoms. The summed E-state index contributed by atoms with van der Waals surface area (Å²) in [6, 6.07) is 1.94. The Morgan fingerprint density at radius 1 is 1.21 bits per heavy atom. The molecule has 0 spiro atoms. The first kappa shape index (κ1) is 21.1. The van der Waals surface area contributed by atoms with Crippen LogP contribution in [0.3, 0.4) is 0 Å². The smallest absolute Gasteiger partial charge is 0.193 e. The fourth-order valence-electron chi connectivity index (χ4n) is 4.56. The molecule has 0 bridgehead atoms. The molecule has 2 unspecified atom stereocenters. The lowest BCUT2D eigenvalue weighted by Gasteiger charge is -2.46. The van der Waals surface area contributed by atoms with Gasteiger partial charge in [0, 0.05) is 71.0 Å². The van der Waals surface area contributed by atoms with E-state index in [0.29, 0.717) is 0 Å². The van der Waals surface area contributed by atoms with E-state index in [4.69, 9.17) is 4.52 Å². The van der Waals surface area contributed by atoms with Crippen molar-refractivity contribution in [3.05, 3.63) is 18.0 Å². The summed E-state index contributed by atoms with van der Waals surface area (Å²) in [6.45, 7) is 17.6. The van der Waals surface area contributed by atoms with Crippen LogP contribution < -0.4 is 5.32 Å². The Balaban J connectivity index is 1.48. The van der Waals surface area contributed by atoms with Crippen LogP contribution >= 0.6 is 0 Å². The fourth-order valence-corrected chi connectivity index (χ4v) is 4.56. The molecule has 3 rings (SSSR count). The number of hydrogen-bond donors (Lipinski definition) is 1. The molecule has 2 fully saturated rings. The van der Waals surface area contributed by atoms with Gasteiger partial charge < -0.3 is 14.7 Å². The number of guanidine groups is 1. The third-order valence-electron chi connectivity index (χ3n) is 6.16. The summed E-state index contributed by atoms with van der Waals surface area (Å²) < 4.78 is 4.94. The monoisotopic (exact) mass is 390 g/mol. The van der Waals surface area contributed by atoms with Crippen LogP contribution in [0, 0.1) is 11.8 Å². The summed E-state index contributed by atoms with van der Waals surface area (Å²) in [7, 11) is 1.89. The van der Waals surface area contributed by atoms with Crippen LogP contribution in [-0.2, 0) is 6.54 Å². The van der Waals surface area contributed by atoms with Crippen molar-refractivity contribution in [2.45, 2.75) is 46.2 Å². The van der Waals surface area contributed by atoms with Crippen molar-refractivity contribution >= 4 is 5.96 Å². The topological polar surface area (TPSA) is 60.1 Å². The van der Waals surface area contributed by atoms with E-state index in [-0.39, 0.29) is 5.54 Å². The van der Waals surface area contributed by atoms with Gasteiger partial charge >= 0.3 is 0 Å². The number of nitrogens with one attached hydrogen (secondary N) is 1. The van der Waals surface area contributed by atoms with Crippen molar-refractivity contribution in [1.29, 1.82) is 0 Å². The quantitative estimate of drug-likeness (QED) is 0.614. The summed E-state index contributed by atoms with van der Waals surface area (Å²) in [4.78, 5) is 12.0. The maximum Gasteiger partial charge on any atom is 0.193 e. The summed E-state index contributed by atoms with van der Waals surface area (Å²) in [5.41, 5.74) is 1.12. The molecule has 0 aliphatic carbocycles. The first-order valence-electron chi connectivity index (χ1n) is 10.7. The molecule has 0 amide bonds. The van der Waals surface area contributed by atoms with Crippen LogP contribution in [0.25, 0.3) is 0 Å². The molecule has 3 heterocycles. The van der Waals surface area contributed by atoms with E-state index in [0.717, 1.165) is 62.8 Å². The molecule has 0 saturated carbocycles. The van der Waals surface area contributed by atoms with Crippen LogP contribution in [0.4, 0.5) is 0 Å². The summed E-state index contributed by atoms with van der Waals surface area (Å²) in [5, 5.41) is 7.68. The number of rotatable bonds is 5. The normalized spacial score (nSPS) is 25.9. The van der Waals surface area contributed by atoms with Gasteiger partial charge in [0.15, 0.2) is 5.96 Å². The van der Waals surface area contributed by atoms with Crippen molar-refractivity contribution in [2.24, 2.45) is 16.8 Å². The highest BCUT2D eigenvalue weighted by atomic mass is 16.5. The highest BCUT2D eigenvalue weighted by Gasteiger charge is 2.33. The lowest BCUT2D eigenvalue weighted by Crippen LogP contribution is -2.59. The van der Waals surface area contributed by atoms with Crippen molar-refractivity contribution in [3.63, 3.8) is 0 Å². The van der Waals surface area contributed by atoms with E-state index in [1.165, 1.54) is 19.5 Å². The zero-order chi connectivity index (χ0) is 20.1. The van der Waals surface area contributed by atoms with Crippen LogP contribution in [0.15, 0.2) is 21.8 Å². The Morgan fingerprint density at radius 2 is 1.89 bits per heavy atom. The minimum absolute atomic E-state index is 0.119. The molecule has 0 radical (unpaired) electrons. The summed E-state index contributed by atoms with van der Waals surface area (Å²) >= 11 is 0. The number of aliphatic imine (C=N–C) groups is 1. The van der Waals surface area contributed by atoms with E-state index in [1.54, 1.807) is 6.26 Å². The molecule has 2 aliphatic rings. The van der Waals surface area contributed by atoms with Gasteiger partial charge in [-0.15, -0.1) is 0 Å². The predicted octanol–water partition coefficient (Wildman–Crippen LogP) is 2.12. The Hall–Kier alpha value is -1.60. The number of nitrogens with zero attached hydrogens (tertiary/aromatic N) is 5. The number of aromatic nitrogens is 1. The van der Waals surface area contributed by atoms with Crippen LogP contribution in [-0.4, -0.2) is 84.2 Å². The molecular formula is C21H38N6O. The number of hydrogen-bond acceptors (Lipinski definition) is 5. The zero-order valence-corrected chi connectivity index (χ0v) is 18.3. The molecule has 1 aromatic heterocycles. The highest BCUT2D eigenvalue weighted by Crippen LogP contribution is 2.26. The van der Waals surface area contributed by atoms with Gasteiger partial charge in [0.05, 0.1) is 5.69 Å². The predicted molar refractivity (Wildman–Crippen MR) is 113 cm³/mol. The van der Waals surface area contributed by atoms with E-state index < -0.39 is 0 Å². The molecule has 28 heavy (non-hydrogen) atoms. The number of likely N-dealkylation sites (tertiary alicyclic amines) is 1. The largest absolute Gasteiger partial charge is 0.364 e. The first-order valence-corrected chi connectivity index (χ1v) is 10.7. The van der Waals surface area contributed by atoms with Gasteiger partial charge in [-0.2, -0.15) is 0 Å². The van der Waals surface area contributed by atoms with Gasteiger partial charge in [0.1, 0.15) is 6.26 Å². The molecule has 2 saturated heterocycles. The van der Waals surface area contributed by atoms with Gasteiger partial charge in [0.25, 0.3) is 0 Å². The fraction of sp³-hybridized carbons (Fsp3) is 0.810. The van der Waals surface area contributed by atoms with E-state index in [2.05, 4.69) is 57.9 Å². The van der Waals surface area contributed by atoms with Crippen molar-refractivity contribution in [2.75, 3.05) is 52.9 Å². The minimum Gasteiger partial charge on any atom is -0.364 e. The van der Waals surface area contributed by atoms with E-state index in [9.17, 15) is 0 Å². The van der Waals surface area contributed by atoms with E-state index in [1.807, 2.05) is 13.1 Å². The van der Waals surface area contributed by atoms with E-state index >= 15 is 0 Å². The van der Waals surface area contributed by atoms with Gasteiger partial charge in [-0.1, -0.05) is 19.0 Å². The minimum atomic E-state index is 0.119. The van der Waals surface area contributed by atoms with Gasteiger partial charge in [0.2, 0.25) is 0 Å². The SMILES string of the molecule is CN=C(NCC(C)(C)N1CC(C)CC(C)C1)N1CCN(Cc2ccon2)CC1. The highest BCUT2D eigenvalue weighted by molar-refractivity contribution is 5.80. The Kier molecular flexibility index (Phi) is 6.99. The van der Waals surface area contributed by atoms with Gasteiger partial charge in [-0.3, -0.25) is 14.8 Å².